The van der Waals surface area contributed by atoms with Gasteiger partial charge in [-0.25, -0.2) is 0 Å². The number of hydrogen-bond acceptors (Lipinski definition) is 2. The average molecular weight is 358 g/mol. The van der Waals surface area contributed by atoms with Crippen molar-refractivity contribution in [3.8, 4) is 0 Å². The van der Waals surface area contributed by atoms with Crippen LogP contribution in [-0.4, -0.2) is 28.1 Å². The number of rotatable bonds is 3. The standard InChI is InChI=1S/C20H27N3OS/c1-13-9-15-11-16(19(24)22-18(15)10-14(13)2)12-23(20(25)21-3)17-7-5-4-6-8-17/h9-11,17H,4-8,12H2,1-3H3,(H,21,25)(H,22,24). The summed E-state index contributed by atoms with van der Waals surface area (Å²) in [4.78, 5) is 17.9. The summed E-state index contributed by atoms with van der Waals surface area (Å²) in [5.74, 6) is 0. The van der Waals surface area contributed by atoms with Crippen molar-refractivity contribution in [2.75, 3.05) is 7.05 Å². The van der Waals surface area contributed by atoms with E-state index in [2.05, 4.69) is 35.1 Å². The highest BCUT2D eigenvalue weighted by Gasteiger charge is 2.24. The number of aryl methyl sites for hydroxylation is 2. The molecule has 4 nitrogen and oxygen atoms in total. The fourth-order valence-corrected chi connectivity index (χ4v) is 3.94. The molecule has 1 aromatic carbocycles. The van der Waals surface area contributed by atoms with E-state index in [0.29, 0.717) is 12.6 Å². The first kappa shape index (κ1) is 17.9. The van der Waals surface area contributed by atoms with Crippen LogP contribution in [0.2, 0.25) is 0 Å². The van der Waals surface area contributed by atoms with Gasteiger partial charge in [-0.2, -0.15) is 0 Å². The smallest absolute Gasteiger partial charge is 0.253 e. The summed E-state index contributed by atoms with van der Waals surface area (Å²) >= 11 is 5.54. The minimum Gasteiger partial charge on any atom is -0.366 e. The van der Waals surface area contributed by atoms with Gasteiger partial charge in [0.1, 0.15) is 0 Å². The van der Waals surface area contributed by atoms with Crippen LogP contribution in [0, 0.1) is 13.8 Å². The number of hydrogen-bond donors (Lipinski definition) is 2. The van der Waals surface area contributed by atoms with Gasteiger partial charge in [-0.1, -0.05) is 19.3 Å². The fraction of sp³-hybridized carbons (Fsp3) is 0.500. The second-order valence-electron chi connectivity index (χ2n) is 7.12. The van der Waals surface area contributed by atoms with Crippen molar-refractivity contribution in [1.82, 2.24) is 15.2 Å². The largest absolute Gasteiger partial charge is 0.366 e. The molecule has 1 fully saturated rings. The zero-order valence-corrected chi connectivity index (χ0v) is 16.1. The Labute approximate surface area is 154 Å². The van der Waals surface area contributed by atoms with E-state index >= 15 is 0 Å². The van der Waals surface area contributed by atoms with Crippen LogP contribution in [0.25, 0.3) is 10.9 Å². The number of nitrogens with zero attached hydrogens (tertiary/aromatic N) is 1. The lowest BCUT2D eigenvalue weighted by Gasteiger charge is -2.35. The SMILES string of the molecule is CNC(=S)N(Cc1cc2cc(C)c(C)cc2[nH]c1=O)C1CCCCC1. The third-order valence-electron chi connectivity index (χ3n) is 5.37. The molecule has 1 saturated carbocycles. The van der Waals surface area contributed by atoms with E-state index in [1.165, 1.54) is 30.4 Å². The van der Waals surface area contributed by atoms with E-state index in [0.717, 1.165) is 34.4 Å². The summed E-state index contributed by atoms with van der Waals surface area (Å²) in [5.41, 5.74) is 4.09. The van der Waals surface area contributed by atoms with Gasteiger partial charge >= 0.3 is 0 Å². The first-order chi connectivity index (χ1) is 12.0. The first-order valence-corrected chi connectivity index (χ1v) is 9.52. The molecule has 5 heteroatoms. The van der Waals surface area contributed by atoms with Gasteiger partial charge in [0.15, 0.2) is 5.11 Å². The summed E-state index contributed by atoms with van der Waals surface area (Å²) in [7, 11) is 1.86. The van der Waals surface area contributed by atoms with Crippen molar-refractivity contribution in [3.63, 3.8) is 0 Å². The molecule has 1 aromatic heterocycles. The molecule has 0 aliphatic heterocycles. The zero-order chi connectivity index (χ0) is 18.0. The summed E-state index contributed by atoms with van der Waals surface area (Å²) in [5, 5.41) is 4.91. The third kappa shape index (κ3) is 3.87. The number of nitrogens with one attached hydrogen (secondary N) is 2. The van der Waals surface area contributed by atoms with Crippen LogP contribution in [0.5, 0.6) is 0 Å². The Morgan fingerprint density at radius 3 is 2.56 bits per heavy atom. The van der Waals surface area contributed by atoms with Crippen LogP contribution in [0.3, 0.4) is 0 Å². The number of thiocarbonyl (C=S) groups is 1. The van der Waals surface area contributed by atoms with Crippen molar-refractivity contribution < 1.29 is 0 Å². The lowest BCUT2D eigenvalue weighted by atomic mass is 9.94. The molecule has 1 aliphatic rings. The number of aromatic nitrogens is 1. The second-order valence-corrected chi connectivity index (χ2v) is 7.51. The van der Waals surface area contributed by atoms with E-state index < -0.39 is 0 Å². The molecule has 134 valence electrons. The molecule has 0 radical (unpaired) electrons. The van der Waals surface area contributed by atoms with E-state index in [9.17, 15) is 4.79 Å². The molecule has 0 unspecified atom stereocenters. The maximum absolute atomic E-state index is 12.6. The molecule has 0 amide bonds. The molecule has 0 spiro atoms. The Morgan fingerprint density at radius 2 is 1.88 bits per heavy atom. The average Bonchev–Trinajstić information content (AvgIpc) is 2.61. The lowest BCUT2D eigenvalue weighted by molar-refractivity contribution is 0.235. The summed E-state index contributed by atoms with van der Waals surface area (Å²) in [6.07, 6.45) is 6.06. The lowest BCUT2D eigenvalue weighted by Crippen LogP contribution is -2.46. The quantitative estimate of drug-likeness (QED) is 0.821. The molecule has 1 heterocycles. The molecular weight excluding hydrogens is 330 g/mol. The van der Waals surface area contributed by atoms with Gasteiger partial charge < -0.3 is 15.2 Å². The zero-order valence-electron chi connectivity index (χ0n) is 15.3. The Kier molecular flexibility index (Phi) is 5.42. The monoisotopic (exact) mass is 357 g/mol. The Hall–Kier alpha value is -1.88. The van der Waals surface area contributed by atoms with Crippen LogP contribution < -0.4 is 10.9 Å². The van der Waals surface area contributed by atoms with Gasteiger partial charge in [0, 0.05) is 24.2 Å². The molecular formula is C20H27N3OS. The Balaban J connectivity index is 1.95. The van der Waals surface area contributed by atoms with Gasteiger partial charge in [0.2, 0.25) is 0 Å². The van der Waals surface area contributed by atoms with Gasteiger partial charge in [-0.15, -0.1) is 0 Å². The first-order valence-electron chi connectivity index (χ1n) is 9.11. The highest BCUT2D eigenvalue weighted by Crippen LogP contribution is 2.24. The van der Waals surface area contributed by atoms with E-state index in [4.69, 9.17) is 12.2 Å². The summed E-state index contributed by atoms with van der Waals surface area (Å²) in [6, 6.07) is 6.64. The predicted molar refractivity (Wildman–Crippen MR) is 108 cm³/mol. The van der Waals surface area contributed by atoms with E-state index in [1.807, 2.05) is 19.2 Å². The van der Waals surface area contributed by atoms with Crippen LogP contribution in [0.1, 0.15) is 48.8 Å². The topological polar surface area (TPSA) is 48.1 Å². The minimum atomic E-state index is -0.0181. The molecule has 25 heavy (non-hydrogen) atoms. The van der Waals surface area contributed by atoms with Crippen molar-refractivity contribution in [1.29, 1.82) is 0 Å². The summed E-state index contributed by atoms with van der Waals surface area (Å²) in [6.45, 7) is 4.73. The molecule has 1 aliphatic carbocycles. The molecule has 2 N–H and O–H groups in total. The highest BCUT2D eigenvalue weighted by molar-refractivity contribution is 7.80. The Morgan fingerprint density at radius 1 is 1.20 bits per heavy atom. The van der Waals surface area contributed by atoms with Crippen LogP contribution in [-0.2, 0) is 6.54 Å². The second kappa shape index (κ2) is 7.56. The van der Waals surface area contributed by atoms with Crippen LogP contribution in [0.15, 0.2) is 23.0 Å². The fourth-order valence-electron chi connectivity index (χ4n) is 3.73. The Bertz CT molecular complexity index is 837. The van der Waals surface area contributed by atoms with E-state index in [1.54, 1.807) is 0 Å². The molecule has 2 aromatic rings. The van der Waals surface area contributed by atoms with Crippen LogP contribution >= 0.6 is 12.2 Å². The summed E-state index contributed by atoms with van der Waals surface area (Å²) < 4.78 is 0. The normalized spacial score (nSPS) is 15.3. The number of H-pyrrole nitrogens is 1. The minimum absolute atomic E-state index is 0.0181. The number of benzene rings is 1. The van der Waals surface area contributed by atoms with E-state index in [-0.39, 0.29) is 5.56 Å². The third-order valence-corrected chi connectivity index (χ3v) is 5.80. The number of fused-ring (bicyclic) bond motifs is 1. The van der Waals surface area contributed by atoms with Gasteiger partial charge in [0.05, 0.1) is 6.54 Å². The maximum Gasteiger partial charge on any atom is 0.253 e. The number of aromatic amines is 1. The van der Waals surface area contributed by atoms with Crippen molar-refractivity contribution >= 4 is 28.2 Å². The van der Waals surface area contributed by atoms with Crippen LogP contribution in [0.4, 0.5) is 0 Å². The predicted octanol–water partition coefficient (Wildman–Crippen LogP) is 3.78. The molecule has 0 bridgehead atoms. The molecule has 3 rings (SSSR count). The van der Waals surface area contributed by atoms with Crippen molar-refractivity contribution in [2.45, 2.75) is 58.5 Å². The molecule has 0 atom stereocenters. The van der Waals surface area contributed by atoms with Gasteiger partial charge in [-0.3, -0.25) is 4.79 Å². The highest BCUT2D eigenvalue weighted by atomic mass is 32.1. The molecule has 0 saturated heterocycles. The maximum atomic E-state index is 12.6. The van der Waals surface area contributed by atoms with Gasteiger partial charge in [-0.05, 0) is 73.6 Å². The van der Waals surface area contributed by atoms with Crippen molar-refractivity contribution in [3.05, 3.63) is 45.2 Å². The van der Waals surface area contributed by atoms with Crippen molar-refractivity contribution in [2.24, 2.45) is 0 Å². The van der Waals surface area contributed by atoms with Gasteiger partial charge in [0.25, 0.3) is 5.56 Å². The number of pyridine rings is 1.